The van der Waals surface area contributed by atoms with Crippen LogP contribution in [0, 0.1) is 4.91 Å². The Morgan fingerprint density at radius 3 is 2.64 bits per heavy atom. The Kier molecular flexibility index (Phi) is 3.06. The number of hydrogen-bond acceptors (Lipinski definition) is 5. The lowest BCUT2D eigenvalue weighted by molar-refractivity contribution is -0.113. The van der Waals surface area contributed by atoms with Crippen LogP contribution in [-0.2, 0) is 4.79 Å². The molecule has 1 N–H and O–H groups in total. The van der Waals surface area contributed by atoms with Crippen molar-refractivity contribution in [1.82, 2.24) is 4.98 Å². The summed E-state index contributed by atoms with van der Waals surface area (Å²) in [7, 11) is 0. The molecular formula is C9H8N2O3. The molecule has 0 atom stereocenters. The molecule has 0 aliphatic carbocycles. The van der Waals surface area contributed by atoms with Gasteiger partial charge in [-0.25, -0.2) is 0 Å². The zero-order valence-corrected chi connectivity index (χ0v) is 7.47. The molecule has 0 bridgehead atoms. The van der Waals surface area contributed by atoms with Crippen molar-refractivity contribution in [2.45, 2.75) is 6.92 Å². The maximum atomic E-state index is 10.9. The molecule has 0 saturated heterocycles. The number of allylic oxidation sites excluding steroid dienone is 1. The second-order valence-corrected chi connectivity index (χ2v) is 2.56. The van der Waals surface area contributed by atoms with E-state index in [1.807, 2.05) is 0 Å². The van der Waals surface area contributed by atoms with Crippen LogP contribution in [0.2, 0.25) is 0 Å². The van der Waals surface area contributed by atoms with E-state index in [1.165, 1.54) is 12.3 Å². The number of ketones is 1. The lowest BCUT2D eigenvalue weighted by Gasteiger charge is -1.99. The van der Waals surface area contributed by atoms with Crippen molar-refractivity contribution in [3.8, 4) is 0 Å². The summed E-state index contributed by atoms with van der Waals surface area (Å²) in [6.07, 6.45) is 1.44. The Balaban J connectivity index is 3.21. The number of carbonyl (C=O) groups is 1. The van der Waals surface area contributed by atoms with Crippen LogP contribution in [-0.4, -0.2) is 15.9 Å². The van der Waals surface area contributed by atoms with Gasteiger partial charge < -0.3 is 5.11 Å². The van der Waals surface area contributed by atoms with E-state index in [1.54, 1.807) is 12.1 Å². The zero-order valence-electron chi connectivity index (χ0n) is 7.47. The van der Waals surface area contributed by atoms with Crippen LogP contribution < -0.4 is 0 Å². The average Bonchev–Trinajstić information content (AvgIpc) is 2.19. The molecule has 0 aliphatic heterocycles. The van der Waals surface area contributed by atoms with Gasteiger partial charge in [0, 0.05) is 13.1 Å². The minimum absolute atomic E-state index is 0.150. The zero-order chi connectivity index (χ0) is 10.6. The van der Waals surface area contributed by atoms with E-state index in [0.29, 0.717) is 0 Å². The molecule has 1 rings (SSSR count). The number of pyridine rings is 1. The van der Waals surface area contributed by atoms with Crippen molar-refractivity contribution in [2.75, 3.05) is 0 Å². The summed E-state index contributed by atoms with van der Waals surface area (Å²) in [5.41, 5.74) is -0.360. The highest BCUT2D eigenvalue weighted by atomic mass is 16.3. The molecule has 1 aromatic heterocycles. The first kappa shape index (κ1) is 10.0. The van der Waals surface area contributed by atoms with Crippen molar-refractivity contribution < 1.29 is 9.90 Å². The number of Topliss-reactive ketones (excluding diaryl/α,β-unsaturated/α-hetero) is 1. The van der Waals surface area contributed by atoms with Crippen LogP contribution in [0.3, 0.4) is 0 Å². The Morgan fingerprint density at radius 1 is 1.50 bits per heavy atom. The van der Waals surface area contributed by atoms with Gasteiger partial charge >= 0.3 is 0 Å². The molecule has 14 heavy (non-hydrogen) atoms. The number of aromatic nitrogens is 1. The summed E-state index contributed by atoms with van der Waals surface area (Å²) >= 11 is 0. The quantitative estimate of drug-likeness (QED) is 0.448. The number of aliphatic hydroxyl groups is 1. The van der Waals surface area contributed by atoms with Crippen LogP contribution in [0.15, 0.2) is 35.3 Å². The molecular weight excluding hydrogens is 184 g/mol. The van der Waals surface area contributed by atoms with Crippen molar-refractivity contribution in [2.24, 2.45) is 5.18 Å². The second kappa shape index (κ2) is 4.27. The molecule has 5 nitrogen and oxygen atoms in total. The number of nitrogens with zero attached hydrogens (tertiary/aromatic N) is 2. The van der Waals surface area contributed by atoms with Crippen molar-refractivity contribution >= 4 is 11.5 Å². The summed E-state index contributed by atoms with van der Waals surface area (Å²) in [6.45, 7) is 1.15. The number of rotatable bonds is 3. The summed E-state index contributed by atoms with van der Waals surface area (Å²) in [6, 6.07) is 4.75. The molecule has 0 fully saturated rings. The van der Waals surface area contributed by atoms with E-state index in [9.17, 15) is 14.8 Å². The first-order chi connectivity index (χ1) is 6.66. The lowest BCUT2D eigenvalue weighted by atomic mass is 10.2. The fraction of sp³-hybridized carbons (Fsp3) is 0.111. The Labute approximate surface area is 80.1 Å². The smallest absolute Gasteiger partial charge is 0.194 e. The van der Waals surface area contributed by atoms with Crippen molar-refractivity contribution in [1.29, 1.82) is 0 Å². The van der Waals surface area contributed by atoms with Crippen LogP contribution >= 0.6 is 0 Å². The molecule has 0 unspecified atom stereocenters. The molecule has 0 radical (unpaired) electrons. The third-order valence-electron chi connectivity index (χ3n) is 1.56. The van der Waals surface area contributed by atoms with Gasteiger partial charge in [0.2, 0.25) is 0 Å². The van der Waals surface area contributed by atoms with Gasteiger partial charge in [0.25, 0.3) is 0 Å². The second-order valence-electron chi connectivity index (χ2n) is 2.56. The SMILES string of the molecule is CC(=O)/C(N=O)=C(\O)c1ccccn1. The molecule has 0 spiro atoms. The van der Waals surface area contributed by atoms with Crippen LogP contribution in [0.25, 0.3) is 5.76 Å². The Morgan fingerprint density at radius 2 is 2.21 bits per heavy atom. The highest BCUT2D eigenvalue weighted by molar-refractivity contribution is 5.98. The maximum Gasteiger partial charge on any atom is 0.194 e. The molecule has 0 aromatic carbocycles. The van der Waals surface area contributed by atoms with Gasteiger partial charge in [0.05, 0.1) is 0 Å². The summed E-state index contributed by atoms with van der Waals surface area (Å²) in [5.74, 6) is -1.09. The molecule has 1 heterocycles. The number of aliphatic hydroxyl groups excluding tert-OH is 1. The number of carbonyl (C=O) groups excluding carboxylic acids is 1. The Hall–Kier alpha value is -2.04. The van der Waals surface area contributed by atoms with E-state index in [4.69, 9.17) is 0 Å². The number of nitroso groups, excluding NO2 is 1. The first-order valence-electron chi connectivity index (χ1n) is 3.85. The molecule has 0 saturated carbocycles. The van der Waals surface area contributed by atoms with Crippen molar-refractivity contribution in [3.63, 3.8) is 0 Å². The minimum atomic E-state index is -0.594. The number of hydrogen-bond donors (Lipinski definition) is 1. The first-order valence-corrected chi connectivity index (χ1v) is 3.85. The van der Waals surface area contributed by atoms with E-state index >= 15 is 0 Å². The normalized spacial score (nSPS) is 11.8. The standard InChI is InChI=1S/C9H8N2O3/c1-6(12)8(11-14)9(13)7-4-2-3-5-10-7/h2-5,13H,1H3/b9-8+. The van der Waals surface area contributed by atoms with Gasteiger partial charge in [-0.15, -0.1) is 4.91 Å². The average molecular weight is 192 g/mol. The van der Waals surface area contributed by atoms with Crippen molar-refractivity contribution in [3.05, 3.63) is 40.7 Å². The third-order valence-corrected chi connectivity index (χ3v) is 1.56. The van der Waals surface area contributed by atoms with Gasteiger partial charge in [-0.1, -0.05) is 6.07 Å². The van der Waals surface area contributed by atoms with Crippen LogP contribution in [0.4, 0.5) is 0 Å². The van der Waals surface area contributed by atoms with E-state index in [2.05, 4.69) is 10.2 Å². The van der Waals surface area contributed by atoms with Gasteiger partial charge in [0.15, 0.2) is 17.2 Å². The van der Waals surface area contributed by atoms with Gasteiger partial charge in [-0.2, -0.15) is 0 Å². The minimum Gasteiger partial charge on any atom is -0.504 e. The fourth-order valence-corrected chi connectivity index (χ4v) is 0.898. The van der Waals surface area contributed by atoms with E-state index < -0.39 is 17.2 Å². The molecule has 0 aliphatic rings. The largest absolute Gasteiger partial charge is 0.504 e. The molecule has 0 amide bonds. The summed E-state index contributed by atoms with van der Waals surface area (Å²) in [4.78, 5) is 24.9. The van der Waals surface area contributed by atoms with Crippen LogP contribution in [0.5, 0.6) is 0 Å². The maximum absolute atomic E-state index is 10.9. The summed E-state index contributed by atoms with van der Waals surface area (Å²) in [5, 5.41) is 11.9. The third kappa shape index (κ3) is 2.01. The predicted molar refractivity (Wildman–Crippen MR) is 50.3 cm³/mol. The lowest BCUT2D eigenvalue weighted by Crippen LogP contribution is -1.99. The van der Waals surface area contributed by atoms with Crippen LogP contribution in [0.1, 0.15) is 12.6 Å². The van der Waals surface area contributed by atoms with Gasteiger partial charge in [-0.05, 0) is 17.3 Å². The summed E-state index contributed by atoms with van der Waals surface area (Å²) < 4.78 is 0. The van der Waals surface area contributed by atoms with Gasteiger partial charge in [-0.3, -0.25) is 9.78 Å². The van der Waals surface area contributed by atoms with E-state index in [0.717, 1.165) is 6.92 Å². The fourth-order valence-electron chi connectivity index (χ4n) is 0.898. The Bertz CT molecular complexity index is 384. The van der Waals surface area contributed by atoms with Gasteiger partial charge in [0.1, 0.15) is 5.69 Å². The topological polar surface area (TPSA) is 79.6 Å². The highest BCUT2D eigenvalue weighted by Gasteiger charge is 2.13. The van der Waals surface area contributed by atoms with E-state index in [-0.39, 0.29) is 5.69 Å². The molecule has 5 heteroatoms. The predicted octanol–water partition coefficient (Wildman–Crippen LogP) is 1.66. The highest BCUT2D eigenvalue weighted by Crippen LogP contribution is 2.14. The monoisotopic (exact) mass is 192 g/mol. The molecule has 1 aromatic rings. The molecule has 72 valence electrons.